The first-order chi connectivity index (χ1) is 12.6. The van der Waals surface area contributed by atoms with E-state index in [0.717, 1.165) is 16.0 Å². The molecule has 0 saturated heterocycles. The molecule has 1 aromatic carbocycles. The zero-order chi connectivity index (χ0) is 18.1. The Bertz CT molecular complexity index is 953. The molecular weight excluding hydrogens is 348 g/mol. The third-order valence-corrected chi connectivity index (χ3v) is 5.39. The Kier molecular flexibility index (Phi) is 4.34. The lowest BCUT2D eigenvalue weighted by atomic mass is 10.1. The van der Waals surface area contributed by atoms with Gasteiger partial charge in [0.15, 0.2) is 11.5 Å². The number of pyridine rings is 1. The summed E-state index contributed by atoms with van der Waals surface area (Å²) in [5.74, 6) is 0.481. The van der Waals surface area contributed by atoms with E-state index in [4.69, 9.17) is 4.74 Å². The molecule has 2 aromatic heterocycles. The molecule has 0 fully saturated rings. The number of carbonyl (C=O) groups excluding carboxylic acids is 1. The van der Waals surface area contributed by atoms with E-state index >= 15 is 0 Å². The fraction of sp³-hybridized carbons (Fsp3) is 0.200. The highest BCUT2D eigenvalue weighted by atomic mass is 32.1. The smallest absolute Gasteiger partial charge is 0.255 e. The van der Waals surface area contributed by atoms with Crippen LogP contribution >= 0.6 is 11.3 Å². The van der Waals surface area contributed by atoms with E-state index in [2.05, 4.69) is 18.0 Å². The van der Waals surface area contributed by atoms with Gasteiger partial charge in [-0.05, 0) is 48.9 Å². The van der Waals surface area contributed by atoms with E-state index in [9.17, 15) is 9.90 Å². The van der Waals surface area contributed by atoms with Crippen molar-refractivity contribution in [3.8, 4) is 21.9 Å². The fourth-order valence-corrected chi connectivity index (χ4v) is 3.93. The quantitative estimate of drug-likeness (QED) is 0.748. The van der Waals surface area contributed by atoms with E-state index in [1.165, 1.54) is 4.88 Å². The molecule has 3 aromatic rings. The number of benzene rings is 1. The van der Waals surface area contributed by atoms with Crippen molar-refractivity contribution in [1.82, 2.24) is 9.88 Å². The molecule has 132 valence electrons. The van der Waals surface area contributed by atoms with Crippen molar-refractivity contribution in [1.29, 1.82) is 0 Å². The average Bonchev–Trinajstić information content (AvgIpc) is 2.97. The van der Waals surface area contributed by atoms with Gasteiger partial charge in [0.05, 0.1) is 12.1 Å². The number of hydrogen-bond acceptors (Lipinski definition) is 5. The zero-order valence-electron chi connectivity index (χ0n) is 14.3. The predicted octanol–water partition coefficient (Wildman–Crippen LogP) is 3.86. The first-order valence-corrected chi connectivity index (χ1v) is 9.18. The number of phenols is 1. The Morgan fingerprint density at radius 1 is 1.31 bits per heavy atom. The van der Waals surface area contributed by atoms with Gasteiger partial charge in [0.25, 0.3) is 5.91 Å². The highest BCUT2D eigenvalue weighted by Crippen LogP contribution is 2.39. The maximum absolute atomic E-state index is 12.8. The van der Waals surface area contributed by atoms with Crippen LogP contribution in [0.3, 0.4) is 0 Å². The number of nitrogens with zero attached hydrogens (tertiary/aromatic N) is 2. The van der Waals surface area contributed by atoms with Crippen LogP contribution in [0.1, 0.15) is 20.8 Å². The van der Waals surface area contributed by atoms with Crippen molar-refractivity contribution in [2.75, 3.05) is 13.2 Å². The van der Waals surface area contributed by atoms with E-state index in [1.807, 2.05) is 12.1 Å². The van der Waals surface area contributed by atoms with Crippen molar-refractivity contribution in [2.45, 2.75) is 13.5 Å². The number of hydrogen-bond donors (Lipinski definition) is 1. The van der Waals surface area contributed by atoms with Gasteiger partial charge >= 0.3 is 0 Å². The van der Waals surface area contributed by atoms with Crippen molar-refractivity contribution in [2.24, 2.45) is 0 Å². The van der Waals surface area contributed by atoms with Gasteiger partial charge in [-0.1, -0.05) is 0 Å². The molecule has 0 aliphatic carbocycles. The van der Waals surface area contributed by atoms with Gasteiger partial charge in [0, 0.05) is 34.3 Å². The van der Waals surface area contributed by atoms with Gasteiger partial charge < -0.3 is 14.7 Å². The lowest BCUT2D eigenvalue weighted by Crippen LogP contribution is -2.32. The number of ether oxygens (including phenoxy) is 1. The lowest BCUT2D eigenvalue weighted by molar-refractivity contribution is 0.0732. The third kappa shape index (κ3) is 3.15. The van der Waals surface area contributed by atoms with Crippen LogP contribution in [0.4, 0.5) is 0 Å². The standard InChI is InChI=1S/C20H18N2O3S/c1-13-4-5-18(26-13)15-9-16-12-22(7-8-25-19(16)17(23)10-15)20(24)14-3-2-6-21-11-14/h2-6,9-11,23H,7-8,12H2,1H3. The largest absolute Gasteiger partial charge is 0.504 e. The number of amides is 1. The maximum atomic E-state index is 12.8. The highest BCUT2D eigenvalue weighted by molar-refractivity contribution is 7.15. The van der Waals surface area contributed by atoms with Crippen LogP contribution in [0.2, 0.25) is 0 Å². The Hall–Kier alpha value is -2.86. The molecule has 1 aliphatic rings. The number of aryl methyl sites for hydroxylation is 1. The van der Waals surface area contributed by atoms with E-state index in [0.29, 0.717) is 31.0 Å². The summed E-state index contributed by atoms with van der Waals surface area (Å²) < 4.78 is 5.74. The second kappa shape index (κ2) is 6.80. The summed E-state index contributed by atoms with van der Waals surface area (Å²) in [6, 6.07) is 11.3. The first kappa shape index (κ1) is 16.6. The molecule has 0 unspecified atom stereocenters. The van der Waals surface area contributed by atoms with Crippen LogP contribution in [0.25, 0.3) is 10.4 Å². The summed E-state index contributed by atoms with van der Waals surface area (Å²) in [6.07, 6.45) is 3.21. The predicted molar refractivity (Wildman–Crippen MR) is 101 cm³/mol. The minimum Gasteiger partial charge on any atom is -0.504 e. The van der Waals surface area contributed by atoms with Gasteiger partial charge in [0.1, 0.15) is 6.61 Å². The van der Waals surface area contributed by atoms with E-state index in [-0.39, 0.29) is 11.7 Å². The molecule has 1 N–H and O–H groups in total. The van der Waals surface area contributed by atoms with E-state index < -0.39 is 0 Å². The van der Waals surface area contributed by atoms with Crippen molar-refractivity contribution >= 4 is 17.2 Å². The molecule has 5 nitrogen and oxygen atoms in total. The molecule has 4 rings (SSSR count). The fourth-order valence-electron chi connectivity index (χ4n) is 3.08. The van der Waals surface area contributed by atoms with Crippen LogP contribution in [-0.2, 0) is 6.54 Å². The molecule has 3 heterocycles. The third-order valence-electron chi connectivity index (χ3n) is 4.34. The summed E-state index contributed by atoms with van der Waals surface area (Å²) in [5.41, 5.74) is 2.28. The van der Waals surface area contributed by atoms with Gasteiger partial charge in [-0.15, -0.1) is 11.3 Å². The minimum absolute atomic E-state index is 0.0913. The molecule has 0 bridgehead atoms. The van der Waals surface area contributed by atoms with Crippen LogP contribution in [-0.4, -0.2) is 34.0 Å². The molecule has 0 spiro atoms. The van der Waals surface area contributed by atoms with Gasteiger partial charge in [0.2, 0.25) is 0 Å². The van der Waals surface area contributed by atoms with Crippen LogP contribution in [0.15, 0.2) is 48.8 Å². The number of aromatic nitrogens is 1. The normalized spacial score (nSPS) is 13.7. The Labute approximate surface area is 155 Å². The van der Waals surface area contributed by atoms with Crippen LogP contribution in [0, 0.1) is 6.92 Å². The van der Waals surface area contributed by atoms with Crippen LogP contribution < -0.4 is 4.74 Å². The molecule has 26 heavy (non-hydrogen) atoms. The summed E-state index contributed by atoms with van der Waals surface area (Å²) in [6.45, 7) is 3.23. The average molecular weight is 366 g/mol. The highest BCUT2D eigenvalue weighted by Gasteiger charge is 2.24. The first-order valence-electron chi connectivity index (χ1n) is 8.36. The second-order valence-electron chi connectivity index (χ2n) is 6.21. The minimum atomic E-state index is -0.0913. The van der Waals surface area contributed by atoms with Crippen molar-refractivity contribution in [3.63, 3.8) is 0 Å². The topological polar surface area (TPSA) is 62.7 Å². The van der Waals surface area contributed by atoms with Crippen molar-refractivity contribution < 1.29 is 14.6 Å². The van der Waals surface area contributed by atoms with Gasteiger partial charge in [-0.2, -0.15) is 0 Å². The molecule has 0 radical (unpaired) electrons. The van der Waals surface area contributed by atoms with E-state index in [1.54, 1.807) is 46.8 Å². The zero-order valence-corrected chi connectivity index (χ0v) is 15.1. The maximum Gasteiger partial charge on any atom is 0.255 e. The summed E-state index contributed by atoms with van der Waals surface area (Å²) >= 11 is 1.67. The number of fused-ring (bicyclic) bond motifs is 1. The number of aromatic hydroxyl groups is 1. The molecule has 1 aliphatic heterocycles. The summed E-state index contributed by atoms with van der Waals surface area (Å²) in [5, 5.41) is 10.4. The van der Waals surface area contributed by atoms with Crippen molar-refractivity contribution in [3.05, 3.63) is 64.8 Å². The Balaban J connectivity index is 1.69. The van der Waals surface area contributed by atoms with Gasteiger partial charge in [-0.3, -0.25) is 9.78 Å². The number of carbonyl (C=O) groups is 1. The summed E-state index contributed by atoms with van der Waals surface area (Å²) in [4.78, 5) is 20.8. The Morgan fingerprint density at radius 2 is 2.19 bits per heavy atom. The molecule has 6 heteroatoms. The monoisotopic (exact) mass is 366 g/mol. The Morgan fingerprint density at radius 3 is 2.92 bits per heavy atom. The lowest BCUT2D eigenvalue weighted by Gasteiger charge is -2.20. The SMILES string of the molecule is Cc1ccc(-c2cc(O)c3c(c2)CN(C(=O)c2cccnc2)CCO3)s1. The number of rotatable bonds is 2. The summed E-state index contributed by atoms with van der Waals surface area (Å²) in [7, 11) is 0. The molecule has 1 amide bonds. The number of phenolic OH excluding ortho intramolecular Hbond substituents is 1. The van der Waals surface area contributed by atoms with Gasteiger partial charge in [-0.25, -0.2) is 0 Å². The number of thiophene rings is 1. The van der Waals surface area contributed by atoms with Crippen LogP contribution in [0.5, 0.6) is 11.5 Å². The molecular formula is C20H18N2O3S. The second-order valence-corrected chi connectivity index (χ2v) is 7.50. The molecule has 0 saturated carbocycles. The molecule has 0 atom stereocenters.